The van der Waals surface area contributed by atoms with E-state index in [4.69, 9.17) is 17.0 Å². The molecule has 0 aromatic heterocycles. The van der Waals surface area contributed by atoms with Crippen molar-refractivity contribution in [2.45, 2.75) is 19.8 Å². The second-order valence-corrected chi connectivity index (χ2v) is 8.16. The third-order valence-electron chi connectivity index (χ3n) is 4.33. The first-order chi connectivity index (χ1) is 13.0. The second kappa shape index (κ2) is 9.45. The van der Waals surface area contributed by atoms with E-state index < -0.39 is 0 Å². The van der Waals surface area contributed by atoms with Gasteiger partial charge < -0.3 is 4.74 Å². The molecule has 8 heteroatoms. The summed E-state index contributed by atoms with van der Waals surface area (Å²) >= 11 is 6.66. The lowest BCUT2D eigenvalue weighted by Gasteiger charge is -2.27. The number of hydrogen-bond acceptors (Lipinski definition) is 6. The lowest BCUT2D eigenvalue weighted by atomic mass is 10.1. The number of benzene rings is 1. The molecule has 2 saturated heterocycles. The number of thioether (sulfide) groups is 1. The summed E-state index contributed by atoms with van der Waals surface area (Å²) in [5, 5.41) is 1.87. The molecule has 0 unspecified atom stereocenters. The molecule has 0 radical (unpaired) electrons. The number of morpholine rings is 1. The zero-order valence-corrected chi connectivity index (χ0v) is 16.9. The second-order valence-electron chi connectivity index (χ2n) is 6.48. The van der Waals surface area contributed by atoms with Crippen molar-refractivity contribution in [3.8, 4) is 0 Å². The highest BCUT2D eigenvalue weighted by Gasteiger charge is 2.31. The van der Waals surface area contributed by atoms with E-state index in [0.29, 0.717) is 54.9 Å². The Labute approximate surface area is 168 Å². The Hall–Kier alpha value is -1.74. The molecule has 1 aromatic carbocycles. The van der Waals surface area contributed by atoms with Crippen LogP contribution in [0.3, 0.4) is 0 Å². The van der Waals surface area contributed by atoms with Crippen LogP contribution in [0, 0.1) is 6.92 Å². The first-order valence-electron chi connectivity index (χ1n) is 8.97. The summed E-state index contributed by atoms with van der Waals surface area (Å²) in [6, 6.07) is 8.00. The van der Waals surface area contributed by atoms with Gasteiger partial charge in [0.15, 0.2) is 0 Å². The standard InChI is InChI=1S/C19H23N3O3S2/c1-14-4-6-15(7-5-14)13-16-18(24)22(19(26)27-16)8-2-3-17(23)20-21-9-11-25-12-10-21/h4-7,13H,2-3,8-12H2,1H3,(H,20,23)/b16-13+. The van der Waals surface area contributed by atoms with Crippen molar-refractivity contribution in [2.24, 2.45) is 0 Å². The summed E-state index contributed by atoms with van der Waals surface area (Å²) < 4.78 is 5.80. The predicted molar refractivity (Wildman–Crippen MR) is 111 cm³/mol. The zero-order valence-electron chi connectivity index (χ0n) is 15.3. The molecule has 0 spiro atoms. The van der Waals surface area contributed by atoms with Crippen LogP contribution in [0.5, 0.6) is 0 Å². The van der Waals surface area contributed by atoms with Crippen LogP contribution in [0.4, 0.5) is 0 Å². The van der Waals surface area contributed by atoms with E-state index in [1.807, 2.05) is 42.3 Å². The van der Waals surface area contributed by atoms with E-state index in [9.17, 15) is 9.59 Å². The largest absolute Gasteiger partial charge is 0.379 e. The molecule has 0 bridgehead atoms. The Balaban J connectivity index is 1.48. The molecule has 0 saturated carbocycles. The van der Waals surface area contributed by atoms with Gasteiger partial charge >= 0.3 is 0 Å². The molecule has 2 aliphatic rings. The summed E-state index contributed by atoms with van der Waals surface area (Å²) in [5.41, 5.74) is 5.03. The van der Waals surface area contributed by atoms with Gasteiger partial charge in [-0.05, 0) is 25.0 Å². The van der Waals surface area contributed by atoms with Gasteiger partial charge in [-0.3, -0.25) is 19.9 Å². The van der Waals surface area contributed by atoms with Crippen LogP contribution in [-0.2, 0) is 14.3 Å². The number of carbonyl (C=O) groups is 2. The molecule has 1 N–H and O–H groups in total. The van der Waals surface area contributed by atoms with Crippen LogP contribution in [0.15, 0.2) is 29.2 Å². The number of ether oxygens (including phenoxy) is 1. The number of amides is 2. The molecule has 1 aromatic rings. The number of rotatable bonds is 6. The monoisotopic (exact) mass is 405 g/mol. The van der Waals surface area contributed by atoms with Crippen molar-refractivity contribution < 1.29 is 14.3 Å². The van der Waals surface area contributed by atoms with Crippen LogP contribution in [0.1, 0.15) is 24.0 Å². The number of carbonyl (C=O) groups excluding carboxylic acids is 2. The average Bonchev–Trinajstić information content (AvgIpc) is 2.92. The van der Waals surface area contributed by atoms with Gasteiger partial charge in [-0.2, -0.15) is 0 Å². The zero-order chi connectivity index (χ0) is 19.2. The van der Waals surface area contributed by atoms with Crippen molar-refractivity contribution in [3.63, 3.8) is 0 Å². The third-order valence-corrected chi connectivity index (χ3v) is 5.71. The maximum Gasteiger partial charge on any atom is 0.266 e. The van der Waals surface area contributed by atoms with Crippen molar-refractivity contribution in [1.29, 1.82) is 0 Å². The minimum absolute atomic E-state index is 0.0439. The van der Waals surface area contributed by atoms with Crippen molar-refractivity contribution in [3.05, 3.63) is 40.3 Å². The van der Waals surface area contributed by atoms with E-state index in [1.165, 1.54) is 17.3 Å². The highest BCUT2D eigenvalue weighted by Crippen LogP contribution is 2.32. The lowest BCUT2D eigenvalue weighted by molar-refractivity contribution is -0.128. The van der Waals surface area contributed by atoms with E-state index >= 15 is 0 Å². The van der Waals surface area contributed by atoms with Gasteiger partial charge in [0.05, 0.1) is 18.1 Å². The molecular weight excluding hydrogens is 382 g/mol. The Kier molecular flexibility index (Phi) is 7.01. The Bertz CT molecular complexity index is 743. The molecule has 6 nitrogen and oxygen atoms in total. The average molecular weight is 406 g/mol. The van der Waals surface area contributed by atoms with Gasteiger partial charge in [0.25, 0.3) is 5.91 Å². The molecular formula is C19H23N3O3S2. The fourth-order valence-electron chi connectivity index (χ4n) is 2.81. The molecule has 3 rings (SSSR count). The number of nitrogens with zero attached hydrogens (tertiary/aromatic N) is 2. The first-order valence-corrected chi connectivity index (χ1v) is 10.2. The number of aryl methyl sites for hydroxylation is 1. The van der Waals surface area contributed by atoms with Crippen LogP contribution in [0.25, 0.3) is 6.08 Å². The Morgan fingerprint density at radius 3 is 2.70 bits per heavy atom. The van der Waals surface area contributed by atoms with Gasteiger partial charge in [0.2, 0.25) is 5.91 Å². The SMILES string of the molecule is Cc1ccc(/C=C2/SC(=S)N(CCCC(=O)NN3CCOCC3)C2=O)cc1. The summed E-state index contributed by atoms with van der Waals surface area (Å²) in [5.74, 6) is -0.128. The van der Waals surface area contributed by atoms with Gasteiger partial charge in [0, 0.05) is 26.1 Å². The third kappa shape index (κ3) is 5.62. The van der Waals surface area contributed by atoms with E-state index in [2.05, 4.69) is 5.43 Å². The highest BCUT2D eigenvalue weighted by molar-refractivity contribution is 8.26. The summed E-state index contributed by atoms with van der Waals surface area (Å²) in [6.45, 7) is 5.13. The smallest absolute Gasteiger partial charge is 0.266 e. The number of hydrazine groups is 1. The summed E-state index contributed by atoms with van der Waals surface area (Å²) in [6.07, 6.45) is 2.79. The van der Waals surface area contributed by atoms with E-state index in [-0.39, 0.29) is 11.8 Å². The van der Waals surface area contributed by atoms with Crippen LogP contribution in [0.2, 0.25) is 0 Å². The molecule has 27 heavy (non-hydrogen) atoms. The fourth-order valence-corrected chi connectivity index (χ4v) is 4.12. The summed E-state index contributed by atoms with van der Waals surface area (Å²) in [7, 11) is 0. The van der Waals surface area contributed by atoms with Crippen molar-refractivity contribution in [2.75, 3.05) is 32.8 Å². The molecule has 2 heterocycles. The highest BCUT2D eigenvalue weighted by atomic mass is 32.2. The van der Waals surface area contributed by atoms with Crippen LogP contribution < -0.4 is 5.43 Å². The van der Waals surface area contributed by atoms with Crippen molar-refractivity contribution >= 4 is 46.2 Å². The molecule has 2 amide bonds. The van der Waals surface area contributed by atoms with E-state index in [1.54, 1.807) is 4.90 Å². The molecule has 144 valence electrons. The van der Waals surface area contributed by atoms with Gasteiger partial charge in [-0.15, -0.1) is 0 Å². The molecule has 0 atom stereocenters. The Morgan fingerprint density at radius 1 is 1.30 bits per heavy atom. The molecule has 2 aliphatic heterocycles. The van der Waals surface area contributed by atoms with Gasteiger partial charge in [-0.25, -0.2) is 5.01 Å². The number of thiocarbonyl (C=S) groups is 1. The topological polar surface area (TPSA) is 61.9 Å². The molecule has 0 aliphatic carbocycles. The van der Waals surface area contributed by atoms with E-state index in [0.717, 1.165) is 5.56 Å². The summed E-state index contributed by atoms with van der Waals surface area (Å²) in [4.78, 5) is 26.9. The first kappa shape index (κ1) is 20.0. The van der Waals surface area contributed by atoms with Crippen molar-refractivity contribution in [1.82, 2.24) is 15.3 Å². The van der Waals surface area contributed by atoms with Gasteiger partial charge in [-0.1, -0.05) is 53.8 Å². The fraction of sp³-hybridized carbons (Fsp3) is 0.421. The van der Waals surface area contributed by atoms with Crippen LogP contribution >= 0.6 is 24.0 Å². The predicted octanol–water partition coefficient (Wildman–Crippen LogP) is 2.34. The molecule has 2 fully saturated rings. The number of nitrogens with one attached hydrogen (secondary N) is 1. The Morgan fingerprint density at radius 2 is 2.00 bits per heavy atom. The maximum absolute atomic E-state index is 12.6. The minimum atomic E-state index is -0.0841. The quantitative estimate of drug-likeness (QED) is 0.579. The minimum Gasteiger partial charge on any atom is -0.379 e. The lowest BCUT2D eigenvalue weighted by Crippen LogP contribution is -2.48. The normalized spacial score (nSPS) is 19.7. The van der Waals surface area contributed by atoms with Gasteiger partial charge in [0.1, 0.15) is 4.32 Å². The van der Waals surface area contributed by atoms with Crippen LogP contribution in [-0.4, -0.2) is 58.9 Å². The number of hydrogen-bond donors (Lipinski definition) is 1. The maximum atomic E-state index is 12.6.